The molecule has 3 nitrogen and oxygen atoms in total. The third-order valence-electron chi connectivity index (χ3n) is 0.933. The average molecular weight is 162 g/mol. The molecule has 4 heteroatoms. The summed E-state index contributed by atoms with van der Waals surface area (Å²) in [6, 6.07) is 0. The number of carbonyl (C=O) groups excluding carboxylic acids is 2. The minimum Gasteiger partial charge on any atom is -0.384 e. The van der Waals surface area contributed by atoms with Crippen LogP contribution in [0.3, 0.4) is 0 Å². The first kappa shape index (κ1) is 9.65. The maximum Gasteiger partial charge on any atom is 0.193 e. The molecule has 0 aliphatic carbocycles. The molecule has 0 N–H and O–H groups in total. The van der Waals surface area contributed by atoms with Crippen molar-refractivity contribution in [2.24, 2.45) is 0 Å². The van der Waals surface area contributed by atoms with E-state index in [-0.39, 0.29) is 17.3 Å². The quantitative estimate of drug-likeness (QED) is 0.471. The number of ether oxygens (including phenoxy) is 1. The van der Waals surface area contributed by atoms with Crippen molar-refractivity contribution < 1.29 is 14.3 Å². The van der Waals surface area contributed by atoms with Gasteiger partial charge in [-0.25, -0.2) is 0 Å². The van der Waals surface area contributed by atoms with E-state index in [1.54, 1.807) is 0 Å². The summed E-state index contributed by atoms with van der Waals surface area (Å²) in [5.74, 6) is -0.123. The second-order valence-corrected chi connectivity index (χ2v) is 2.35. The molecule has 0 aliphatic rings. The van der Waals surface area contributed by atoms with Crippen molar-refractivity contribution in [3.63, 3.8) is 0 Å². The number of hydrogen-bond acceptors (Lipinski definition) is 3. The fraction of sp³-hybridized carbons (Fsp3) is 0.667. The van der Waals surface area contributed by atoms with E-state index in [4.69, 9.17) is 0 Å². The Hall–Kier alpha value is -0.350. The molecular formula is C6H10O3S. The molecule has 0 amide bonds. The Kier molecular flexibility index (Phi) is 5.25. The smallest absolute Gasteiger partial charge is 0.193 e. The first-order valence-electron chi connectivity index (χ1n) is 2.89. The Morgan fingerprint density at radius 3 is 2.50 bits per heavy atom. The molecule has 0 aromatic heterocycles. The Labute approximate surface area is 65.2 Å². The van der Waals surface area contributed by atoms with Crippen LogP contribution in [-0.2, 0) is 14.3 Å². The zero-order valence-electron chi connectivity index (χ0n) is 5.79. The van der Waals surface area contributed by atoms with Crippen molar-refractivity contribution in [2.75, 3.05) is 13.7 Å². The first-order chi connectivity index (χ1) is 4.66. The molecule has 0 radical (unpaired) electrons. The fourth-order valence-corrected chi connectivity index (χ4v) is 0.649. The number of methoxy groups -OCH3 is 1. The maximum absolute atomic E-state index is 10.7. The fourth-order valence-electron chi connectivity index (χ4n) is 0.473. The van der Waals surface area contributed by atoms with Crippen molar-refractivity contribution in [3.8, 4) is 0 Å². The van der Waals surface area contributed by atoms with Crippen molar-refractivity contribution in [3.05, 3.63) is 0 Å². The van der Waals surface area contributed by atoms with Crippen LogP contribution in [0.1, 0.15) is 12.8 Å². The predicted octanol–water partition coefficient (Wildman–Crippen LogP) is 0.439. The number of hydrogen-bond donors (Lipinski definition) is 1. The molecule has 58 valence electrons. The zero-order valence-corrected chi connectivity index (χ0v) is 6.69. The molecule has 0 aromatic carbocycles. The highest BCUT2D eigenvalue weighted by atomic mass is 32.1. The molecule has 0 heterocycles. The third kappa shape index (κ3) is 5.78. The second-order valence-electron chi connectivity index (χ2n) is 1.85. The van der Waals surface area contributed by atoms with Gasteiger partial charge in [-0.15, -0.1) is 12.6 Å². The van der Waals surface area contributed by atoms with Gasteiger partial charge in [0.1, 0.15) is 5.78 Å². The van der Waals surface area contributed by atoms with Gasteiger partial charge in [0.2, 0.25) is 0 Å². The summed E-state index contributed by atoms with van der Waals surface area (Å²) < 4.78 is 4.64. The first-order valence-corrected chi connectivity index (χ1v) is 3.34. The Morgan fingerprint density at radius 2 is 2.10 bits per heavy atom. The van der Waals surface area contributed by atoms with E-state index in [9.17, 15) is 9.59 Å². The lowest BCUT2D eigenvalue weighted by molar-refractivity contribution is -0.123. The van der Waals surface area contributed by atoms with Crippen LogP contribution in [0.15, 0.2) is 0 Å². The summed E-state index contributed by atoms with van der Waals surface area (Å²) in [6.45, 7) is 0.375. The lowest BCUT2D eigenvalue weighted by Gasteiger charge is -1.94. The van der Waals surface area contributed by atoms with Crippen LogP contribution >= 0.6 is 12.6 Å². The molecule has 0 aliphatic heterocycles. The molecule has 0 aromatic rings. The Balaban J connectivity index is 3.35. The van der Waals surface area contributed by atoms with Gasteiger partial charge >= 0.3 is 0 Å². The molecule has 0 saturated heterocycles. The second kappa shape index (κ2) is 5.44. The summed E-state index contributed by atoms with van der Waals surface area (Å²) in [6.07, 6.45) is 0.204. The number of thiol groups is 1. The topological polar surface area (TPSA) is 43.4 Å². The standard InChI is InChI=1S/C6H10O3S/c1-9-3-2-5(7)4-6(8)10/h2-4H2,1H3,(H,8,10). The monoisotopic (exact) mass is 162 g/mol. The molecular weight excluding hydrogens is 152 g/mol. The predicted molar refractivity (Wildman–Crippen MR) is 40.1 cm³/mol. The van der Waals surface area contributed by atoms with Crippen LogP contribution in [0.4, 0.5) is 0 Å². The summed E-state index contributed by atoms with van der Waals surface area (Å²) in [4.78, 5) is 20.9. The van der Waals surface area contributed by atoms with E-state index in [2.05, 4.69) is 17.4 Å². The van der Waals surface area contributed by atoms with Gasteiger partial charge in [0, 0.05) is 13.5 Å². The van der Waals surface area contributed by atoms with Gasteiger partial charge in [-0.3, -0.25) is 9.59 Å². The average Bonchev–Trinajstić information content (AvgIpc) is 1.82. The molecule has 10 heavy (non-hydrogen) atoms. The lowest BCUT2D eigenvalue weighted by atomic mass is 10.2. The lowest BCUT2D eigenvalue weighted by Crippen LogP contribution is -2.05. The minimum atomic E-state index is -0.388. The highest BCUT2D eigenvalue weighted by Gasteiger charge is 2.04. The van der Waals surface area contributed by atoms with Crippen LogP contribution in [0, 0.1) is 0 Å². The molecule has 0 rings (SSSR count). The van der Waals surface area contributed by atoms with Crippen LogP contribution in [0.2, 0.25) is 0 Å². The van der Waals surface area contributed by atoms with Crippen molar-refractivity contribution in [1.82, 2.24) is 0 Å². The van der Waals surface area contributed by atoms with Crippen molar-refractivity contribution in [1.29, 1.82) is 0 Å². The van der Waals surface area contributed by atoms with E-state index in [1.165, 1.54) is 7.11 Å². The van der Waals surface area contributed by atoms with Gasteiger partial charge in [-0.05, 0) is 0 Å². The SMILES string of the molecule is COCCC(=O)CC(=O)S. The zero-order chi connectivity index (χ0) is 7.98. The summed E-state index contributed by atoms with van der Waals surface area (Å²) in [5.41, 5.74) is 0. The summed E-state index contributed by atoms with van der Waals surface area (Å²) in [5, 5.41) is -0.388. The van der Waals surface area contributed by atoms with E-state index in [0.29, 0.717) is 13.0 Å². The van der Waals surface area contributed by atoms with Crippen molar-refractivity contribution >= 4 is 23.5 Å². The number of carbonyl (C=O) groups is 2. The largest absolute Gasteiger partial charge is 0.384 e. The third-order valence-corrected chi connectivity index (χ3v) is 1.09. The van der Waals surface area contributed by atoms with Crippen LogP contribution in [0.5, 0.6) is 0 Å². The van der Waals surface area contributed by atoms with Crippen LogP contribution in [-0.4, -0.2) is 24.6 Å². The Bertz CT molecular complexity index is 133. The van der Waals surface area contributed by atoms with E-state index < -0.39 is 0 Å². The van der Waals surface area contributed by atoms with Gasteiger partial charge in [-0.1, -0.05) is 0 Å². The van der Waals surface area contributed by atoms with Gasteiger partial charge in [-0.2, -0.15) is 0 Å². The van der Waals surface area contributed by atoms with Crippen LogP contribution < -0.4 is 0 Å². The molecule has 0 atom stereocenters. The Morgan fingerprint density at radius 1 is 1.50 bits per heavy atom. The van der Waals surface area contributed by atoms with Gasteiger partial charge in [0.15, 0.2) is 5.12 Å². The van der Waals surface area contributed by atoms with E-state index in [1.807, 2.05) is 0 Å². The van der Waals surface area contributed by atoms with E-state index in [0.717, 1.165) is 0 Å². The van der Waals surface area contributed by atoms with Gasteiger partial charge in [0.25, 0.3) is 0 Å². The minimum absolute atomic E-state index is 0.0908. The molecule has 0 bridgehead atoms. The van der Waals surface area contributed by atoms with Crippen LogP contribution in [0.25, 0.3) is 0 Å². The number of Topliss-reactive ketones (excluding diaryl/α,β-unsaturated/α-hetero) is 1. The molecule has 0 spiro atoms. The van der Waals surface area contributed by atoms with Gasteiger partial charge < -0.3 is 4.74 Å². The summed E-state index contributed by atoms with van der Waals surface area (Å²) >= 11 is 3.46. The molecule has 0 unspecified atom stereocenters. The molecule has 0 fully saturated rings. The van der Waals surface area contributed by atoms with Crippen molar-refractivity contribution in [2.45, 2.75) is 12.8 Å². The summed E-state index contributed by atoms with van der Waals surface area (Å²) in [7, 11) is 1.51. The maximum atomic E-state index is 10.7. The molecule has 0 saturated carbocycles. The van der Waals surface area contributed by atoms with Gasteiger partial charge in [0.05, 0.1) is 13.0 Å². The normalized spacial score (nSPS) is 9.40. The highest BCUT2D eigenvalue weighted by molar-refractivity contribution is 7.96. The number of rotatable bonds is 5. The highest BCUT2D eigenvalue weighted by Crippen LogP contribution is 1.93. The number of ketones is 1. The van der Waals surface area contributed by atoms with E-state index >= 15 is 0 Å².